The van der Waals surface area contributed by atoms with Gasteiger partial charge in [0.05, 0.1) is 18.9 Å². The van der Waals surface area contributed by atoms with E-state index >= 15 is 0 Å². The molecule has 0 radical (unpaired) electrons. The Morgan fingerprint density at radius 3 is 2.88 bits per heavy atom. The number of aromatic nitrogens is 2. The molecule has 5 nitrogen and oxygen atoms in total. The Bertz CT molecular complexity index is 723. The van der Waals surface area contributed by atoms with Crippen molar-refractivity contribution in [1.82, 2.24) is 14.7 Å². The number of methoxy groups -OCH3 is 1. The van der Waals surface area contributed by atoms with Crippen LogP contribution in [0.5, 0.6) is 5.75 Å². The Kier molecular flexibility index (Phi) is 5.00. The molecular weight excluding hydrogens is 302 g/mol. The number of hydrogen-bond acceptors (Lipinski definition) is 4. The summed E-state index contributed by atoms with van der Waals surface area (Å²) >= 11 is 0. The molecule has 1 aromatic heterocycles. The van der Waals surface area contributed by atoms with Gasteiger partial charge in [-0.25, -0.2) is 0 Å². The number of carbonyl (C=O) groups is 1. The second kappa shape index (κ2) is 7.18. The fraction of sp³-hybridized carbons (Fsp3) is 0.474. The molecule has 1 aliphatic heterocycles. The summed E-state index contributed by atoms with van der Waals surface area (Å²) in [6.45, 7) is 4.77. The van der Waals surface area contributed by atoms with Gasteiger partial charge < -0.3 is 4.74 Å². The fourth-order valence-corrected chi connectivity index (χ4v) is 3.42. The van der Waals surface area contributed by atoms with E-state index in [-0.39, 0.29) is 11.7 Å². The minimum absolute atomic E-state index is 0.0343. The minimum Gasteiger partial charge on any atom is -0.496 e. The molecule has 2 heterocycles. The van der Waals surface area contributed by atoms with Crippen LogP contribution in [0.2, 0.25) is 0 Å². The lowest BCUT2D eigenvalue weighted by molar-refractivity contribution is 0.0808. The van der Waals surface area contributed by atoms with Crippen molar-refractivity contribution in [3.05, 3.63) is 47.3 Å². The Morgan fingerprint density at radius 2 is 2.17 bits per heavy atom. The van der Waals surface area contributed by atoms with E-state index < -0.39 is 0 Å². The lowest BCUT2D eigenvalue weighted by Gasteiger charge is -2.32. The molecule has 2 aromatic rings. The van der Waals surface area contributed by atoms with Gasteiger partial charge in [-0.15, -0.1) is 0 Å². The number of aryl methyl sites for hydroxylation is 1. The first-order chi connectivity index (χ1) is 11.6. The van der Waals surface area contributed by atoms with E-state index in [9.17, 15) is 4.79 Å². The molecule has 1 atom stereocenters. The van der Waals surface area contributed by atoms with E-state index in [1.54, 1.807) is 7.11 Å². The van der Waals surface area contributed by atoms with Crippen LogP contribution in [0.1, 0.15) is 34.5 Å². The van der Waals surface area contributed by atoms with Crippen molar-refractivity contribution in [1.29, 1.82) is 0 Å². The third-order valence-electron chi connectivity index (χ3n) is 4.98. The molecule has 0 saturated carbocycles. The van der Waals surface area contributed by atoms with E-state index in [0.717, 1.165) is 32.5 Å². The maximum Gasteiger partial charge on any atom is 0.170 e. The van der Waals surface area contributed by atoms with Crippen LogP contribution >= 0.6 is 0 Å². The van der Waals surface area contributed by atoms with Gasteiger partial charge in [0.2, 0.25) is 0 Å². The van der Waals surface area contributed by atoms with Crippen molar-refractivity contribution >= 4 is 5.78 Å². The number of rotatable bonds is 5. The summed E-state index contributed by atoms with van der Waals surface area (Å²) in [4.78, 5) is 15.3. The number of benzene rings is 1. The molecule has 128 valence electrons. The molecule has 3 rings (SSSR count). The summed E-state index contributed by atoms with van der Waals surface area (Å²) in [6, 6.07) is 7.52. The standard InChI is InChI=1S/C19H25N3O2/c1-14-16(11-20-21(14)2)13-22-10-6-7-15(12-22)19(23)17-8-4-5-9-18(17)24-3/h4-5,8-9,11,15H,6-7,10,12-13H2,1-3H3. The first-order valence-electron chi connectivity index (χ1n) is 8.47. The number of likely N-dealkylation sites (tertiary alicyclic amines) is 1. The van der Waals surface area contributed by atoms with Gasteiger partial charge in [-0.3, -0.25) is 14.4 Å². The lowest BCUT2D eigenvalue weighted by Crippen LogP contribution is -2.38. The molecule has 0 amide bonds. The molecule has 0 bridgehead atoms. The lowest BCUT2D eigenvalue weighted by atomic mass is 9.89. The van der Waals surface area contributed by atoms with Crippen molar-refractivity contribution < 1.29 is 9.53 Å². The second-order valence-electron chi connectivity index (χ2n) is 6.52. The highest BCUT2D eigenvalue weighted by atomic mass is 16.5. The maximum absolute atomic E-state index is 12.9. The number of Topliss-reactive ketones (excluding diaryl/α,β-unsaturated/α-hetero) is 1. The van der Waals surface area contributed by atoms with Crippen LogP contribution in [0.4, 0.5) is 0 Å². The molecule has 1 aliphatic rings. The molecule has 0 aliphatic carbocycles. The van der Waals surface area contributed by atoms with Crippen molar-refractivity contribution in [3.63, 3.8) is 0 Å². The smallest absolute Gasteiger partial charge is 0.170 e. The summed E-state index contributed by atoms with van der Waals surface area (Å²) in [5, 5.41) is 4.31. The molecule has 1 aromatic carbocycles. The van der Waals surface area contributed by atoms with Gasteiger partial charge in [0.25, 0.3) is 0 Å². The normalized spacial score (nSPS) is 18.5. The first kappa shape index (κ1) is 16.7. The van der Waals surface area contributed by atoms with Crippen molar-refractivity contribution in [3.8, 4) is 5.75 Å². The quantitative estimate of drug-likeness (QED) is 0.792. The zero-order valence-corrected chi connectivity index (χ0v) is 14.7. The molecule has 1 saturated heterocycles. The second-order valence-corrected chi connectivity index (χ2v) is 6.52. The number of hydrogen-bond donors (Lipinski definition) is 0. The van der Waals surface area contributed by atoms with Crippen LogP contribution in [-0.2, 0) is 13.6 Å². The van der Waals surface area contributed by atoms with Crippen LogP contribution < -0.4 is 4.74 Å². The number of carbonyl (C=O) groups excluding carboxylic acids is 1. The van der Waals surface area contributed by atoms with Crippen molar-refractivity contribution in [2.75, 3.05) is 20.2 Å². The maximum atomic E-state index is 12.9. The van der Waals surface area contributed by atoms with Gasteiger partial charge in [0.1, 0.15) is 5.75 Å². The van der Waals surface area contributed by atoms with E-state index in [2.05, 4.69) is 16.9 Å². The minimum atomic E-state index is 0.0343. The molecule has 5 heteroatoms. The summed E-state index contributed by atoms with van der Waals surface area (Å²) in [5.41, 5.74) is 3.13. The number of piperidine rings is 1. The SMILES string of the molecule is COc1ccccc1C(=O)C1CCCN(Cc2cnn(C)c2C)C1. The highest BCUT2D eigenvalue weighted by Gasteiger charge is 2.28. The van der Waals surface area contributed by atoms with E-state index in [1.807, 2.05) is 42.2 Å². The van der Waals surface area contributed by atoms with Gasteiger partial charge in [-0.05, 0) is 38.4 Å². The van der Waals surface area contributed by atoms with Crippen LogP contribution in [0.3, 0.4) is 0 Å². The zero-order valence-electron chi connectivity index (χ0n) is 14.7. The van der Waals surface area contributed by atoms with Crippen LogP contribution in [0, 0.1) is 12.8 Å². The predicted octanol–water partition coefficient (Wildman–Crippen LogP) is 2.83. The first-order valence-corrected chi connectivity index (χ1v) is 8.47. The highest BCUT2D eigenvalue weighted by Crippen LogP contribution is 2.27. The monoisotopic (exact) mass is 327 g/mol. The number of ether oxygens (including phenoxy) is 1. The van der Waals surface area contributed by atoms with Crippen molar-refractivity contribution in [2.24, 2.45) is 13.0 Å². The highest BCUT2D eigenvalue weighted by molar-refractivity contribution is 6.00. The molecule has 0 spiro atoms. The summed E-state index contributed by atoms with van der Waals surface area (Å²) in [6.07, 6.45) is 3.92. The van der Waals surface area contributed by atoms with E-state index in [0.29, 0.717) is 11.3 Å². The van der Waals surface area contributed by atoms with Crippen LogP contribution in [-0.4, -0.2) is 40.7 Å². The Hall–Kier alpha value is -2.14. The van der Waals surface area contributed by atoms with Crippen molar-refractivity contribution in [2.45, 2.75) is 26.3 Å². The topological polar surface area (TPSA) is 47.4 Å². The third kappa shape index (κ3) is 3.36. The summed E-state index contributed by atoms with van der Waals surface area (Å²) in [7, 11) is 3.58. The molecule has 1 unspecified atom stereocenters. The van der Waals surface area contributed by atoms with Gasteiger partial charge in [0.15, 0.2) is 5.78 Å². The average Bonchev–Trinajstić information content (AvgIpc) is 2.93. The van der Waals surface area contributed by atoms with Gasteiger partial charge >= 0.3 is 0 Å². The molecular formula is C19H25N3O2. The fourth-order valence-electron chi connectivity index (χ4n) is 3.42. The Labute approximate surface area is 143 Å². The Balaban J connectivity index is 1.71. The average molecular weight is 327 g/mol. The number of nitrogens with zero attached hydrogens (tertiary/aromatic N) is 3. The summed E-state index contributed by atoms with van der Waals surface area (Å²) < 4.78 is 7.25. The zero-order chi connectivity index (χ0) is 17.1. The summed E-state index contributed by atoms with van der Waals surface area (Å²) in [5.74, 6) is 0.898. The largest absolute Gasteiger partial charge is 0.496 e. The molecule has 1 fully saturated rings. The number of ketones is 1. The van der Waals surface area contributed by atoms with Gasteiger partial charge in [-0.2, -0.15) is 5.10 Å². The van der Waals surface area contributed by atoms with E-state index in [4.69, 9.17) is 4.74 Å². The number of para-hydroxylation sites is 1. The molecule has 0 N–H and O–H groups in total. The van der Waals surface area contributed by atoms with Gasteiger partial charge in [-0.1, -0.05) is 12.1 Å². The van der Waals surface area contributed by atoms with Gasteiger partial charge in [0, 0.05) is 37.3 Å². The Morgan fingerprint density at radius 1 is 1.38 bits per heavy atom. The van der Waals surface area contributed by atoms with Crippen LogP contribution in [0.25, 0.3) is 0 Å². The van der Waals surface area contributed by atoms with Crippen LogP contribution in [0.15, 0.2) is 30.5 Å². The third-order valence-corrected chi connectivity index (χ3v) is 4.98. The van der Waals surface area contributed by atoms with E-state index in [1.165, 1.54) is 11.3 Å². The molecule has 24 heavy (non-hydrogen) atoms. The predicted molar refractivity (Wildman–Crippen MR) is 93.3 cm³/mol.